The molecule has 0 saturated heterocycles. The SMILES string of the molecule is CN1CCCCC=CC2CC2(C(=O)NS(=O)(=O)N(C)C)NC(=O)C2CC(Oc3nc(-c4cc(Br)ccc4F)nc4c3CCC4)CC2C1=O. The van der Waals surface area contributed by atoms with Gasteiger partial charge in [-0.05, 0) is 76.0 Å². The van der Waals surface area contributed by atoms with Crippen molar-refractivity contribution in [2.24, 2.45) is 17.8 Å². The molecule has 2 heterocycles. The first kappa shape index (κ1) is 34.4. The van der Waals surface area contributed by atoms with E-state index < -0.39 is 57.2 Å². The zero-order chi connectivity index (χ0) is 34.4. The Kier molecular flexibility index (Phi) is 9.66. The smallest absolute Gasteiger partial charge is 0.303 e. The van der Waals surface area contributed by atoms with Crippen molar-refractivity contribution in [3.05, 3.63) is 51.9 Å². The van der Waals surface area contributed by atoms with Gasteiger partial charge in [-0.25, -0.2) is 14.1 Å². The molecule has 6 rings (SSSR count). The van der Waals surface area contributed by atoms with Gasteiger partial charge in [0.1, 0.15) is 17.5 Å². The number of hydrogen-bond donors (Lipinski definition) is 2. The minimum Gasteiger partial charge on any atom is -0.474 e. The van der Waals surface area contributed by atoms with E-state index in [1.807, 2.05) is 12.2 Å². The van der Waals surface area contributed by atoms with E-state index in [1.54, 1.807) is 24.1 Å². The van der Waals surface area contributed by atoms with Crippen LogP contribution in [0.25, 0.3) is 11.4 Å². The predicted molar refractivity (Wildman–Crippen MR) is 178 cm³/mol. The van der Waals surface area contributed by atoms with Crippen LogP contribution in [-0.4, -0.2) is 84.6 Å². The molecule has 5 atom stereocenters. The molecule has 15 heteroatoms. The number of amides is 3. The third kappa shape index (κ3) is 6.86. The number of aromatic nitrogens is 2. The van der Waals surface area contributed by atoms with Gasteiger partial charge in [0.25, 0.3) is 5.91 Å². The Morgan fingerprint density at radius 3 is 2.69 bits per heavy atom. The number of nitrogens with zero attached hydrogens (tertiary/aromatic N) is 4. The van der Waals surface area contributed by atoms with E-state index in [4.69, 9.17) is 4.74 Å². The molecule has 48 heavy (non-hydrogen) atoms. The molecule has 4 aliphatic rings. The molecule has 5 unspecified atom stereocenters. The van der Waals surface area contributed by atoms with E-state index in [9.17, 15) is 27.2 Å². The molecule has 2 saturated carbocycles. The number of ether oxygens (including phenoxy) is 1. The summed E-state index contributed by atoms with van der Waals surface area (Å²) in [5.41, 5.74) is 0.390. The third-order valence-electron chi connectivity index (χ3n) is 9.84. The van der Waals surface area contributed by atoms with Crippen molar-refractivity contribution < 1.29 is 31.9 Å². The number of fused-ring (bicyclic) bond motifs is 3. The first-order chi connectivity index (χ1) is 22.8. The molecule has 0 radical (unpaired) electrons. The fraction of sp³-hybridized carbons (Fsp3) is 0.545. The van der Waals surface area contributed by atoms with E-state index >= 15 is 0 Å². The van der Waals surface area contributed by atoms with E-state index in [0.717, 1.165) is 41.2 Å². The highest BCUT2D eigenvalue weighted by molar-refractivity contribution is 9.10. The normalized spacial score (nSPS) is 27.5. The Morgan fingerprint density at radius 2 is 1.92 bits per heavy atom. The Hall–Kier alpha value is -3.43. The number of carbonyl (C=O) groups is 3. The van der Waals surface area contributed by atoms with Crippen molar-refractivity contribution >= 4 is 43.9 Å². The van der Waals surface area contributed by atoms with Crippen LogP contribution in [0.5, 0.6) is 5.88 Å². The van der Waals surface area contributed by atoms with Gasteiger partial charge in [0.05, 0.1) is 23.1 Å². The predicted octanol–water partition coefficient (Wildman–Crippen LogP) is 3.30. The first-order valence-corrected chi connectivity index (χ1v) is 18.5. The van der Waals surface area contributed by atoms with Gasteiger partial charge >= 0.3 is 10.2 Å². The van der Waals surface area contributed by atoms with Gasteiger partial charge in [-0.3, -0.25) is 14.4 Å². The first-order valence-electron chi connectivity index (χ1n) is 16.3. The van der Waals surface area contributed by atoms with Gasteiger partial charge in [0, 0.05) is 43.6 Å². The zero-order valence-corrected chi connectivity index (χ0v) is 29.6. The second kappa shape index (κ2) is 13.5. The highest BCUT2D eigenvalue weighted by Gasteiger charge is 2.62. The van der Waals surface area contributed by atoms with E-state index in [2.05, 4.69) is 35.9 Å². The monoisotopic (exact) mass is 746 g/mol. The van der Waals surface area contributed by atoms with E-state index in [1.165, 1.54) is 20.2 Å². The molecule has 1 aromatic heterocycles. The van der Waals surface area contributed by atoms with Crippen molar-refractivity contribution in [2.45, 2.75) is 69.4 Å². The lowest BCUT2D eigenvalue weighted by molar-refractivity contribution is -0.140. The topological polar surface area (TPSA) is 151 Å². The maximum absolute atomic E-state index is 14.9. The number of allylic oxidation sites excluding steroid dienone is 1. The van der Waals surface area contributed by atoms with E-state index in [0.29, 0.717) is 29.7 Å². The van der Waals surface area contributed by atoms with Crippen molar-refractivity contribution in [3.63, 3.8) is 0 Å². The molecule has 3 aliphatic carbocycles. The number of carbonyl (C=O) groups excluding carboxylic acids is 3. The molecule has 258 valence electrons. The highest BCUT2D eigenvalue weighted by Crippen LogP contribution is 2.47. The van der Waals surface area contributed by atoms with Gasteiger partial charge in [0.2, 0.25) is 17.7 Å². The summed E-state index contributed by atoms with van der Waals surface area (Å²) in [7, 11) is 0.227. The summed E-state index contributed by atoms with van der Waals surface area (Å²) >= 11 is 3.39. The summed E-state index contributed by atoms with van der Waals surface area (Å²) in [5.74, 6) is -3.45. The average molecular weight is 748 g/mol. The number of nitrogens with one attached hydrogen (secondary N) is 2. The average Bonchev–Trinajstić information content (AvgIpc) is 3.33. The summed E-state index contributed by atoms with van der Waals surface area (Å²) in [6, 6.07) is 4.55. The van der Waals surface area contributed by atoms with Crippen molar-refractivity contribution in [3.8, 4) is 17.3 Å². The van der Waals surface area contributed by atoms with Gasteiger partial charge in [-0.1, -0.05) is 28.1 Å². The Bertz CT molecular complexity index is 1770. The Balaban J connectivity index is 1.30. The van der Waals surface area contributed by atoms with Crippen molar-refractivity contribution in [1.82, 2.24) is 29.2 Å². The maximum atomic E-state index is 14.9. The lowest BCUT2D eigenvalue weighted by Gasteiger charge is -2.27. The van der Waals surface area contributed by atoms with Gasteiger partial charge in [-0.2, -0.15) is 17.7 Å². The molecule has 1 aromatic carbocycles. The molecular weight excluding hydrogens is 707 g/mol. The fourth-order valence-corrected chi connectivity index (χ4v) is 7.91. The minimum absolute atomic E-state index is 0.170. The maximum Gasteiger partial charge on any atom is 0.303 e. The summed E-state index contributed by atoms with van der Waals surface area (Å²) in [6.45, 7) is 0.530. The molecule has 1 aliphatic heterocycles. The molecule has 2 fully saturated rings. The van der Waals surface area contributed by atoms with Crippen LogP contribution in [0.15, 0.2) is 34.8 Å². The van der Waals surface area contributed by atoms with Crippen LogP contribution in [0.3, 0.4) is 0 Å². The number of hydrogen-bond acceptors (Lipinski definition) is 8. The standard InChI is InChI=1S/C33H40BrFN6O6S/c1-40(2)48(45,46)39-32(44)33-18-19(33)9-6-4-5-7-14-41(3)31(43)24-17-21(16-23(24)29(42)38-33)47-30-22-10-8-11-27(22)36-28(37-30)25-15-20(34)12-13-26(25)35/h6,9,12-13,15,19,21,23-24H,4-5,7-8,10-11,14,16-18H2,1-3H3,(H,38,42)(H,39,44). The third-order valence-corrected chi connectivity index (χ3v) is 11.7. The van der Waals surface area contributed by atoms with Crippen molar-refractivity contribution in [2.75, 3.05) is 27.7 Å². The largest absolute Gasteiger partial charge is 0.474 e. The molecular formula is C33H40BrFN6O6S. The Labute approximate surface area is 288 Å². The summed E-state index contributed by atoms with van der Waals surface area (Å²) in [6.07, 6.45) is 8.39. The molecule has 2 aromatic rings. The second-order valence-corrected chi connectivity index (χ2v) is 16.2. The lowest BCUT2D eigenvalue weighted by atomic mass is 9.93. The highest BCUT2D eigenvalue weighted by atomic mass is 79.9. The molecule has 3 amide bonds. The van der Waals surface area contributed by atoms with Crippen LogP contribution < -0.4 is 14.8 Å². The zero-order valence-electron chi connectivity index (χ0n) is 27.2. The van der Waals surface area contributed by atoms with Crippen molar-refractivity contribution in [1.29, 1.82) is 0 Å². The van der Waals surface area contributed by atoms with Gasteiger partial charge < -0.3 is 15.0 Å². The summed E-state index contributed by atoms with van der Waals surface area (Å²) < 4.78 is 50.2. The van der Waals surface area contributed by atoms with Crippen LogP contribution in [0.2, 0.25) is 0 Å². The number of rotatable bonds is 6. The second-order valence-electron chi connectivity index (χ2n) is 13.4. The summed E-state index contributed by atoms with van der Waals surface area (Å²) in [5, 5.41) is 2.87. The molecule has 2 N–H and O–H groups in total. The quantitative estimate of drug-likeness (QED) is 0.428. The van der Waals surface area contributed by atoms with Gasteiger partial charge in [-0.15, -0.1) is 0 Å². The van der Waals surface area contributed by atoms with Crippen LogP contribution in [0.1, 0.15) is 56.2 Å². The van der Waals surface area contributed by atoms with E-state index in [-0.39, 0.29) is 36.6 Å². The minimum atomic E-state index is -4.11. The number of aryl methyl sites for hydroxylation is 1. The number of halogens is 2. The molecule has 12 nitrogen and oxygen atoms in total. The fourth-order valence-electron chi connectivity index (χ4n) is 6.95. The lowest BCUT2D eigenvalue weighted by Crippen LogP contribution is -2.55. The van der Waals surface area contributed by atoms with Crippen LogP contribution in [0, 0.1) is 23.6 Å². The summed E-state index contributed by atoms with van der Waals surface area (Å²) in [4.78, 5) is 52.4. The van der Waals surface area contributed by atoms with Crippen LogP contribution in [-0.2, 0) is 37.4 Å². The molecule has 0 bridgehead atoms. The van der Waals surface area contributed by atoms with Crippen LogP contribution >= 0.6 is 15.9 Å². The Morgan fingerprint density at radius 1 is 1.15 bits per heavy atom. The molecule has 0 spiro atoms. The van der Waals surface area contributed by atoms with Gasteiger partial charge in [0.15, 0.2) is 5.82 Å². The number of benzene rings is 1. The van der Waals surface area contributed by atoms with Crippen LogP contribution in [0.4, 0.5) is 4.39 Å².